The highest BCUT2D eigenvalue weighted by atomic mass is 28.3. The highest BCUT2D eigenvalue weighted by Gasteiger charge is 2.41. The summed E-state index contributed by atoms with van der Waals surface area (Å²) in [4.78, 5) is 4.87. The monoisotopic (exact) mass is 1150 g/mol. The molecule has 0 amide bonds. The molecule has 2 aliphatic rings. The van der Waals surface area contributed by atoms with Gasteiger partial charge in [0.1, 0.15) is 17.3 Å². The minimum Gasteiger partial charge on any atom is -0.458 e. The van der Waals surface area contributed by atoms with Crippen molar-refractivity contribution < 1.29 is 58.7 Å². The zero-order chi connectivity index (χ0) is 88.2. The number of para-hydroxylation sites is 4. The zero-order valence-corrected chi connectivity index (χ0v) is 46.0. The first-order valence-electron chi connectivity index (χ1n) is 45.4. The van der Waals surface area contributed by atoms with Gasteiger partial charge in [-0.3, -0.25) is 13.7 Å². The van der Waals surface area contributed by atoms with Gasteiger partial charge in [0, 0.05) is 42.2 Å². The molecule has 1 fully saturated rings. The Kier molecular flexibility index (Phi) is 6.81. The summed E-state index contributed by atoms with van der Waals surface area (Å²) in [7, 11) is -6.57. The van der Waals surface area contributed by atoms with E-state index in [4.69, 9.17) is 26.2 Å². The van der Waals surface area contributed by atoms with Gasteiger partial charge < -0.3 is 4.74 Å². The molecular formula is C79H68N4OSi. The summed E-state index contributed by atoms with van der Waals surface area (Å²) in [6, 6.07) is 3.37. The van der Waals surface area contributed by atoms with E-state index < -0.39 is 252 Å². The van der Waals surface area contributed by atoms with Crippen LogP contribution >= 0.6 is 0 Å². The van der Waals surface area contributed by atoms with Crippen LogP contribution in [-0.4, -0.2) is 22.2 Å². The van der Waals surface area contributed by atoms with Gasteiger partial charge in [-0.05, 0) is 158 Å². The lowest BCUT2D eigenvalue weighted by Gasteiger charge is -2.34. The van der Waals surface area contributed by atoms with E-state index >= 15 is 0 Å². The van der Waals surface area contributed by atoms with Gasteiger partial charge in [0.15, 0.2) is 8.07 Å². The maximum Gasteiger partial charge on any atom is 0.269 e. The molecule has 0 atom stereocenters. The highest BCUT2D eigenvalue weighted by molar-refractivity contribution is 7.19. The largest absolute Gasteiger partial charge is 0.458 e. The number of aryl methyl sites for hydroxylation is 1. The van der Waals surface area contributed by atoms with Crippen LogP contribution in [0.2, 0.25) is 0 Å². The second kappa shape index (κ2) is 21.7. The van der Waals surface area contributed by atoms with Crippen LogP contribution in [0.1, 0.15) is 136 Å². The number of imidazole rings is 1. The second-order valence-corrected chi connectivity index (χ2v) is 24.2. The van der Waals surface area contributed by atoms with Crippen LogP contribution < -0.4 is 30.1 Å². The van der Waals surface area contributed by atoms with E-state index in [1.165, 1.54) is 51.7 Å². The fourth-order valence-electron chi connectivity index (χ4n) is 11.9. The van der Waals surface area contributed by atoms with Crippen LogP contribution in [0.25, 0.3) is 72.3 Å². The lowest BCUT2D eigenvalue weighted by atomic mass is 9.72. The van der Waals surface area contributed by atoms with Crippen molar-refractivity contribution >= 4 is 61.7 Å². The van der Waals surface area contributed by atoms with Gasteiger partial charge in [-0.2, -0.15) is 0 Å². The zero-order valence-electron chi connectivity index (χ0n) is 81.0. The molecule has 3 heterocycles. The molecular weight excluding hydrogens is 1050 g/mol. The topological polar surface area (TPSA) is 35.9 Å². The summed E-state index contributed by atoms with van der Waals surface area (Å²) in [6.07, 6.45) is -0.644. The third kappa shape index (κ3) is 9.22. The molecule has 15 rings (SSSR count). The lowest BCUT2D eigenvalue weighted by molar-refractivity contribution is -0.571. The molecule has 3 aromatic heterocycles. The van der Waals surface area contributed by atoms with E-state index in [0.717, 1.165) is 30.0 Å². The smallest absolute Gasteiger partial charge is 0.269 e. The van der Waals surface area contributed by atoms with Crippen LogP contribution in [0.4, 0.5) is 0 Å². The molecule has 0 unspecified atom stereocenters. The Morgan fingerprint density at radius 3 is 2.05 bits per heavy atom. The van der Waals surface area contributed by atoms with Crippen LogP contribution in [0.3, 0.4) is 0 Å². The first-order chi connectivity index (χ1) is 56.5. The number of hydrogen-bond donors (Lipinski definition) is 0. The van der Waals surface area contributed by atoms with Crippen molar-refractivity contribution in [2.75, 3.05) is 0 Å². The van der Waals surface area contributed by atoms with E-state index in [1.54, 1.807) is 53.1 Å². The summed E-state index contributed by atoms with van der Waals surface area (Å²) in [5, 5.41) is -3.16. The average molecular weight is 1150 g/mol. The normalized spacial score (nSPS) is 22.5. The van der Waals surface area contributed by atoms with E-state index in [-0.39, 0.29) is 39.6 Å². The summed E-state index contributed by atoms with van der Waals surface area (Å²) in [5.41, 5.74) is -7.25. The fraction of sp³-hybridized carbons (Fsp3) is 0.165. The summed E-state index contributed by atoms with van der Waals surface area (Å²) in [6.45, 7) is -10.8. The predicted octanol–water partition coefficient (Wildman–Crippen LogP) is 16.7. The minimum absolute atomic E-state index is 0.00258. The van der Waals surface area contributed by atoms with Crippen molar-refractivity contribution in [3.8, 4) is 50.9 Å². The van der Waals surface area contributed by atoms with Crippen molar-refractivity contribution in [2.24, 2.45) is 0 Å². The highest BCUT2D eigenvalue weighted by Crippen LogP contribution is 2.42. The number of fused-ring (bicyclic) bond motifs is 5. The van der Waals surface area contributed by atoms with E-state index in [0.29, 0.717) is 29.4 Å². The molecule has 85 heavy (non-hydrogen) atoms. The summed E-state index contributed by atoms with van der Waals surface area (Å²) >= 11 is 0. The van der Waals surface area contributed by atoms with E-state index in [2.05, 4.69) is 6.33 Å². The molecule has 10 aromatic carbocycles. The average Bonchev–Trinajstić information content (AvgIpc) is 0.719. The van der Waals surface area contributed by atoms with Gasteiger partial charge >= 0.3 is 0 Å². The molecule has 0 spiro atoms. The van der Waals surface area contributed by atoms with Crippen molar-refractivity contribution in [1.82, 2.24) is 14.1 Å². The molecule has 2 aliphatic carbocycles. The quantitative estimate of drug-likeness (QED) is 0.0529. The third-order valence-corrected chi connectivity index (χ3v) is 19.7. The van der Waals surface area contributed by atoms with Crippen LogP contribution in [0.15, 0.2) is 254 Å². The predicted molar refractivity (Wildman–Crippen MR) is 353 cm³/mol. The Labute approximate surface area is 550 Å². The van der Waals surface area contributed by atoms with Gasteiger partial charge in [-0.15, -0.1) is 0 Å². The SMILES string of the molecule is [2H]c1c([2H])c([2H])c([Si](c2c([2H])c([2H])c([2H])c([2H])c2[2H])(c2c([2H])c([2H])c([2H])c([2H])c2[2H])c2c([2H])c([2H])c([2H])c(-c3cccc(-c4c([2H])c([2H])c5c(c4[2H])CC([2H])([2H])C([2H])([2H])C5(C([2H])([2H])[2H])C([2H])([2H])[2H])c3-[n+]3[c-]n(-c4cccc(Oc5ccc6c7ccccc7n(-c7cc(C([2H])([2H])[2H])c(C8([2H])CCCCC8)cn7)c6c5)c4)c4ccccc43)c2[2H])c([2H])c1[2H]. The Morgan fingerprint density at radius 2 is 1.31 bits per heavy atom. The number of aromatic nitrogens is 4. The summed E-state index contributed by atoms with van der Waals surface area (Å²) < 4.78 is 349. The lowest BCUT2D eigenvalue weighted by Crippen LogP contribution is -2.74. The molecule has 0 bridgehead atoms. The number of pyridine rings is 1. The maximum absolute atomic E-state index is 11.0. The number of hydrogen-bond acceptors (Lipinski definition) is 2. The Morgan fingerprint density at radius 1 is 0.635 bits per heavy atom. The number of rotatable bonds is 12. The molecule has 0 N–H and O–H groups in total. The third-order valence-electron chi connectivity index (χ3n) is 15.7. The van der Waals surface area contributed by atoms with E-state index in [1.807, 2.05) is 30.3 Å². The van der Waals surface area contributed by atoms with Gasteiger partial charge in [0.05, 0.1) is 63.6 Å². The maximum atomic E-state index is 11.0. The summed E-state index contributed by atoms with van der Waals surface area (Å²) in [5.74, 6) is -0.504. The Bertz CT molecular complexity index is 6350. The first-order valence-corrected chi connectivity index (χ1v) is 29.4. The number of nitrogens with zero attached hydrogens (tertiary/aromatic N) is 4. The van der Waals surface area contributed by atoms with Crippen LogP contribution in [-0.2, 0) is 11.8 Å². The van der Waals surface area contributed by atoms with Crippen LogP contribution in [0, 0.1) is 13.2 Å². The van der Waals surface area contributed by atoms with Gasteiger partial charge in [-0.25, -0.2) is 4.98 Å². The molecule has 0 aliphatic heterocycles. The van der Waals surface area contributed by atoms with Gasteiger partial charge in [0.2, 0.25) is 0 Å². The minimum atomic E-state index is -6.57. The van der Waals surface area contributed by atoms with Gasteiger partial charge in [-0.1, -0.05) is 233 Å². The van der Waals surface area contributed by atoms with Crippen molar-refractivity contribution in [2.45, 2.75) is 83.1 Å². The fourth-order valence-corrected chi connectivity index (χ4v) is 15.4. The number of benzene rings is 10. The molecule has 0 radical (unpaired) electrons. The van der Waals surface area contributed by atoms with E-state index in [9.17, 15) is 32.9 Å². The molecule has 5 nitrogen and oxygen atoms in total. The second-order valence-electron chi connectivity index (χ2n) is 20.7. The number of ether oxygens (including phenoxy) is 1. The molecule has 6 heteroatoms. The van der Waals surface area contributed by atoms with Crippen molar-refractivity contribution in [1.29, 1.82) is 0 Å². The van der Waals surface area contributed by atoms with Crippen molar-refractivity contribution in [3.05, 3.63) is 283 Å². The molecule has 414 valence electrons. The molecule has 0 saturated heterocycles. The van der Waals surface area contributed by atoms with Crippen molar-refractivity contribution in [3.63, 3.8) is 0 Å². The Balaban J connectivity index is 1.04. The standard InChI is InChI=1S/C79H68N4OSi/c1-55-48-77(80-53-71(55)56-24-8-4-9-25-56)83-73-40-17-16-37-69(73)70-45-44-62(52-76(70)83)84-61-29-21-28-60(51-61)81-54-82(75-42-19-18-41-74(75)81)78-67(38-22-39-68(78)58-43-46-72-59(49-58)27-23-47-79(72,2)3)57-26-20-36-66(50-57)85(63-30-10-5-11-31-63,64-32-12-6-13-33-64)65-34-14-7-15-35-65/h5-7,10-22,26,28-46,48-53,56H,4,8-9,23-25,27,47H2,1-3H3/i1D3,2D3,3D3,5D,6D,7D,10D,11D,12D,13D,14D,15D,20D,23D2,26D,30D,31D,32D,33D,34D,35D,36D,43D,46D,47D2,49D,50D,56D. The molecule has 1 saturated carbocycles. The first kappa shape index (κ1) is 26.7. The van der Waals surface area contributed by atoms with Crippen LogP contribution in [0.5, 0.6) is 11.5 Å². The van der Waals surface area contributed by atoms with Gasteiger partial charge in [0.25, 0.3) is 6.33 Å². The molecule has 13 aromatic rings. The Hall–Kier alpha value is -9.36.